The SMILES string of the molecule is CCOC(=O)C(=O)c1cc(C(C)C)cc(Cl)c1OC. The van der Waals surface area contributed by atoms with Gasteiger partial charge in [0, 0.05) is 0 Å². The van der Waals surface area contributed by atoms with Gasteiger partial charge in [0.2, 0.25) is 0 Å². The average Bonchev–Trinajstić information content (AvgIpc) is 2.36. The first-order chi connectivity index (χ1) is 8.92. The van der Waals surface area contributed by atoms with Crippen molar-refractivity contribution in [1.82, 2.24) is 0 Å². The third-order valence-electron chi connectivity index (χ3n) is 2.64. The van der Waals surface area contributed by atoms with E-state index >= 15 is 0 Å². The molecule has 5 heteroatoms. The highest BCUT2D eigenvalue weighted by molar-refractivity contribution is 6.42. The molecule has 0 fully saturated rings. The van der Waals surface area contributed by atoms with Gasteiger partial charge < -0.3 is 9.47 Å². The predicted molar refractivity (Wildman–Crippen MR) is 73.1 cm³/mol. The van der Waals surface area contributed by atoms with Gasteiger partial charge in [-0.1, -0.05) is 25.4 Å². The molecule has 1 rings (SSSR count). The second-order valence-electron chi connectivity index (χ2n) is 4.29. The molecule has 4 nitrogen and oxygen atoms in total. The van der Waals surface area contributed by atoms with Crippen molar-refractivity contribution in [3.8, 4) is 5.75 Å². The molecule has 0 saturated carbocycles. The topological polar surface area (TPSA) is 52.6 Å². The number of carbonyl (C=O) groups excluding carboxylic acids is 2. The summed E-state index contributed by atoms with van der Waals surface area (Å²) in [5.41, 5.74) is 0.996. The van der Waals surface area contributed by atoms with Gasteiger partial charge in [0.1, 0.15) is 5.75 Å². The molecular weight excluding hydrogens is 268 g/mol. The Morgan fingerprint density at radius 3 is 2.42 bits per heavy atom. The summed E-state index contributed by atoms with van der Waals surface area (Å²) in [6.45, 7) is 5.72. The first-order valence-corrected chi connectivity index (χ1v) is 6.39. The summed E-state index contributed by atoms with van der Waals surface area (Å²) >= 11 is 6.08. The molecule has 1 aromatic rings. The highest BCUT2D eigenvalue weighted by atomic mass is 35.5. The molecule has 0 aromatic heterocycles. The summed E-state index contributed by atoms with van der Waals surface area (Å²) in [6, 6.07) is 3.35. The van der Waals surface area contributed by atoms with Crippen molar-refractivity contribution >= 4 is 23.4 Å². The Bertz CT molecular complexity index is 494. The molecule has 0 saturated heterocycles. The summed E-state index contributed by atoms with van der Waals surface area (Å²) in [5, 5.41) is 0.307. The fraction of sp³-hybridized carbons (Fsp3) is 0.429. The number of methoxy groups -OCH3 is 1. The Morgan fingerprint density at radius 1 is 1.32 bits per heavy atom. The number of carbonyl (C=O) groups is 2. The van der Waals surface area contributed by atoms with Gasteiger partial charge in [0.25, 0.3) is 5.78 Å². The fourth-order valence-electron chi connectivity index (χ4n) is 1.63. The second kappa shape index (κ2) is 6.57. The maximum atomic E-state index is 12.0. The van der Waals surface area contributed by atoms with Gasteiger partial charge in [-0.2, -0.15) is 0 Å². The van der Waals surface area contributed by atoms with E-state index < -0.39 is 11.8 Å². The molecule has 0 radical (unpaired) electrons. The van der Waals surface area contributed by atoms with E-state index in [4.69, 9.17) is 21.1 Å². The van der Waals surface area contributed by atoms with Crippen LogP contribution in [0.25, 0.3) is 0 Å². The van der Waals surface area contributed by atoms with E-state index in [2.05, 4.69) is 0 Å². The normalized spacial score (nSPS) is 10.4. The number of ether oxygens (including phenoxy) is 2. The Labute approximate surface area is 117 Å². The van der Waals surface area contributed by atoms with E-state index in [9.17, 15) is 9.59 Å². The van der Waals surface area contributed by atoms with Gasteiger partial charge in [-0.3, -0.25) is 4.79 Å². The molecule has 0 atom stereocenters. The van der Waals surface area contributed by atoms with Crippen LogP contribution in [-0.4, -0.2) is 25.5 Å². The molecule has 104 valence electrons. The predicted octanol–water partition coefficient (Wildman–Crippen LogP) is 3.22. The molecule has 1 aromatic carbocycles. The van der Waals surface area contributed by atoms with Crippen LogP contribution in [0, 0.1) is 0 Å². The highest BCUT2D eigenvalue weighted by Crippen LogP contribution is 2.33. The third kappa shape index (κ3) is 3.47. The fourth-order valence-corrected chi connectivity index (χ4v) is 1.94. The monoisotopic (exact) mass is 284 g/mol. The van der Waals surface area contributed by atoms with Crippen LogP contribution < -0.4 is 4.74 Å². The summed E-state index contributed by atoms with van der Waals surface area (Å²) in [5.74, 6) is -1.28. The molecule has 0 aliphatic heterocycles. The van der Waals surface area contributed by atoms with Crippen LogP contribution in [0.1, 0.15) is 42.6 Å². The number of esters is 1. The minimum atomic E-state index is -0.905. The number of Topliss-reactive ketones (excluding diaryl/α,β-unsaturated/α-hetero) is 1. The molecule has 0 amide bonds. The molecule has 0 heterocycles. The van der Waals surface area contributed by atoms with Crippen LogP contribution in [0.15, 0.2) is 12.1 Å². The Hall–Kier alpha value is -1.55. The summed E-state index contributed by atoms with van der Waals surface area (Å²) in [4.78, 5) is 23.6. The maximum absolute atomic E-state index is 12.0. The highest BCUT2D eigenvalue weighted by Gasteiger charge is 2.24. The molecule has 0 unspecified atom stereocenters. The van der Waals surface area contributed by atoms with Gasteiger partial charge in [-0.15, -0.1) is 0 Å². The van der Waals surface area contributed by atoms with Gasteiger partial charge in [-0.25, -0.2) is 4.79 Å². The lowest BCUT2D eigenvalue weighted by molar-refractivity contribution is -0.137. The number of ketones is 1. The largest absolute Gasteiger partial charge is 0.494 e. The first-order valence-electron chi connectivity index (χ1n) is 6.01. The van der Waals surface area contributed by atoms with Crippen molar-refractivity contribution < 1.29 is 19.1 Å². The van der Waals surface area contributed by atoms with Crippen LogP contribution in [-0.2, 0) is 9.53 Å². The molecule has 0 aliphatic rings. The van der Waals surface area contributed by atoms with Crippen LogP contribution in [0.4, 0.5) is 0 Å². The number of rotatable bonds is 5. The Kier molecular flexibility index (Phi) is 5.36. The van der Waals surface area contributed by atoms with Crippen LogP contribution in [0.2, 0.25) is 5.02 Å². The zero-order valence-corrected chi connectivity index (χ0v) is 12.2. The average molecular weight is 285 g/mol. The van der Waals surface area contributed by atoms with E-state index in [1.165, 1.54) is 7.11 Å². The number of halogens is 1. The number of benzene rings is 1. The number of hydrogen-bond acceptors (Lipinski definition) is 4. The van der Waals surface area contributed by atoms with Gasteiger partial charge in [0.05, 0.1) is 24.3 Å². The maximum Gasteiger partial charge on any atom is 0.379 e. The van der Waals surface area contributed by atoms with E-state index in [0.29, 0.717) is 5.02 Å². The van der Waals surface area contributed by atoms with E-state index in [-0.39, 0.29) is 23.8 Å². The number of hydrogen-bond donors (Lipinski definition) is 0. The van der Waals surface area contributed by atoms with Crippen molar-refractivity contribution in [3.05, 3.63) is 28.3 Å². The van der Waals surface area contributed by atoms with Gasteiger partial charge in [0.15, 0.2) is 0 Å². The minimum Gasteiger partial charge on any atom is -0.494 e. The minimum absolute atomic E-state index is 0.136. The quantitative estimate of drug-likeness (QED) is 0.473. The van der Waals surface area contributed by atoms with Crippen molar-refractivity contribution in [2.45, 2.75) is 26.7 Å². The Balaban J connectivity index is 3.31. The molecule has 0 aliphatic carbocycles. The zero-order valence-electron chi connectivity index (χ0n) is 11.5. The second-order valence-corrected chi connectivity index (χ2v) is 4.70. The summed E-state index contributed by atoms with van der Waals surface area (Å²) in [6.07, 6.45) is 0. The van der Waals surface area contributed by atoms with E-state index in [1.54, 1.807) is 19.1 Å². The molecule has 19 heavy (non-hydrogen) atoms. The van der Waals surface area contributed by atoms with E-state index in [1.807, 2.05) is 13.8 Å². The lowest BCUT2D eigenvalue weighted by Crippen LogP contribution is -2.18. The van der Waals surface area contributed by atoms with Crippen LogP contribution in [0.3, 0.4) is 0 Å². The van der Waals surface area contributed by atoms with Crippen LogP contribution in [0.5, 0.6) is 5.75 Å². The third-order valence-corrected chi connectivity index (χ3v) is 2.92. The van der Waals surface area contributed by atoms with Gasteiger partial charge in [-0.05, 0) is 30.5 Å². The molecule has 0 bridgehead atoms. The zero-order chi connectivity index (χ0) is 14.6. The summed E-state index contributed by atoms with van der Waals surface area (Å²) in [7, 11) is 1.40. The lowest BCUT2D eigenvalue weighted by Gasteiger charge is -2.13. The summed E-state index contributed by atoms with van der Waals surface area (Å²) < 4.78 is 9.81. The van der Waals surface area contributed by atoms with Crippen molar-refractivity contribution in [2.24, 2.45) is 0 Å². The molecule has 0 spiro atoms. The van der Waals surface area contributed by atoms with Crippen LogP contribution >= 0.6 is 11.6 Å². The smallest absolute Gasteiger partial charge is 0.379 e. The van der Waals surface area contributed by atoms with E-state index in [0.717, 1.165) is 5.56 Å². The lowest BCUT2D eigenvalue weighted by atomic mass is 9.98. The molecule has 0 N–H and O–H groups in total. The van der Waals surface area contributed by atoms with Crippen molar-refractivity contribution in [1.29, 1.82) is 0 Å². The van der Waals surface area contributed by atoms with Gasteiger partial charge >= 0.3 is 5.97 Å². The molecular formula is C14H17ClO4. The standard InChI is InChI=1S/C14H17ClO4/c1-5-19-14(17)12(16)10-6-9(8(2)3)7-11(15)13(10)18-4/h6-8H,5H2,1-4H3. The van der Waals surface area contributed by atoms with Crippen molar-refractivity contribution in [3.63, 3.8) is 0 Å². The van der Waals surface area contributed by atoms with Crippen molar-refractivity contribution in [2.75, 3.05) is 13.7 Å². The Morgan fingerprint density at radius 2 is 1.95 bits per heavy atom. The first kappa shape index (κ1) is 15.5.